The summed E-state index contributed by atoms with van der Waals surface area (Å²) in [5.41, 5.74) is 6.05. The second kappa shape index (κ2) is 7.62. The highest BCUT2D eigenvalue weighted by Gasteiger charge is 2.32. The van der Waals surface area contributed by atoms with Crippen molar-refractivity contribution < 1.29 is 9.32 Å². The van der Waals surface area contributed by atoms with Crippen molar-refractivity contribution in [3.05, 3.63) is 11.7 Å². The van der Waals surface area contributed by atoms with Crippen LogP contribution in [0.15, 0.2) is 4.52 Å². The lowest BCUT2D eigenvalue weighted by Gasteiger charge is -2.21. The van der Waals surface area contributed by atoms with Crippen LogP contribution < -0.4 is 11.1 Å². The SMILES string of the molecule is CC(C)C(NC(=O)C[C@@H]1CCC[C@H]1N)c1nc(C2CC2)no1.Cl. The maximum atomic E-state index is 12.3. The molecule has 3 N–H and O–H groups in total. The van der Waals surface area contributed by atoms with E-state index in [0.717, 1.165) is 37.9 Å². The molecule has 2 aliphatic rings. The third kappa shape index (κ3) is 4.44. The number of hydrogen-bond acceptors (Lipinski definition) is 5. The minimum absolute atomic E-state index is 0. The summed E-state index contributed by atoms with van der Waals surface area (Å²) in [6.45, 7) is 4.10. The molecular formula is C16H27ClN4O2. The van der Waals surface area contributed by atoms with Gasteiger partial charge in [-0.15, -0.1) is 12.4 Å². The number of halogens is 1. The molecule has 0 radical (unpaired) electrons. The summed E-state index contributed by atoms with van der Waals surface area (Å²) in [5, 5.41) is 7.11. The average Bonchev–Trinajstić information content (AvgIpc) is 3.08. The molecule has 0 bridgehead atoms. The minimum atomic E-state index is -0.217. The number of nitrogens with one attached hydrogen (secondary N) is 1. The molecule has 3 atom stereocenters. The molecule has 2 fully saturated rings. The number of rotatable bonds is 6. The van der Waals surface area contributed by atoms with Crippen LogP contribution >= 0.6 is 12.4 Å². The average molecular weight is 343 g/mol. The van der Waals surface area contributed by atoms with Gasteiger partial charge in [-0.3, -0.25) is 4.79 Å². The number of carbonyl (C=O) groups excluding carboxylic acids is 1. The first-order valence-corrected chi connectivity index (χ1v) is 8.43. The Balaban J connectivity index is 0.00000192. The van der Waals surface area contributed by atoms with Gasteiger partial charge >= 0.3 is 0 Å². The van der Waals surface area contributed by atoms with Gasteiger partial charge in [-0.1, -0.05) is 25.4 Å². The molecule has 2 saturated carbocycles. The van der Waals surface area contributed by atoms with Gasteiger partial charge in [0.2, 0.25) is 11.8 Å². The smallest absolute Gasteiger partial charge is 0.249 e. The Morgan fingerprint density at radius 1 is 1.35 bits per heavy atom. The Kier molecular flexibility index (Phi) is 6.03. The van der Waals surface area contributed by atoms with Crippen LogP contribution in [0.1, 0.15) is 76.0 Å². The van der Waals surface area contributed by atoms with E-state index in [1.807, 2.05) is 13.8 Å². The second-order valence-electron chi connectivity index (χ2n) is 7.11. The molecule has 23 heavy (non-hydrogen) atoms. The molecule has 7 heteroatoms. The zero-order chi connectivity index (χ0) is 15.7. The van der Waals surface area contributed by atoms with E-state index >= 15 is 0 Å². The van der Waals surface area contributed by atoms with Crippen molar-refractivity contribution >= 4 is 18.3 Å². The number of nitrogens with zero attached hydrogens (tertiary/aromatic N) is 2. The van der Waals surface area contributed by atoms with Crippen molar-refractivity contribution in [2.45, 2.75) is 70.4 Å². The largest absolute Gasteiger partial charge is 0.344 e. The second-order valence-corrected chi connectivity index (χ2v) is 7.11. The van der Waals surface area contributed by atoms with Crippen LogP contribution in [0.5, 0.6) is 0 Å². The van der Waals surface area contributed by atoms with Gasteiger partial charge in [-0.25, -0.2) is 0 Å². The molecule has 0 saturated heterocycles. The van der Waals surface area contributed by atoms with Gasteiger partial charge in [-0.2, -0.15) is 4.98 Å². The van der Waals surface area contributed by atoms with Gasteiger partial charge in [0.1, 0.15) is 6.04 Å². The topological polar surface area (TPSA) is 94.0 Å². The Labute approximate surface area is 143 Å². The first-order chi connectivity index (χ1) is 10.5. The van der Waals surface area contributed by atoms with Crippen molar-refractivity contribution in [2.24, 2.45) is 17.6 Å². The van der Waals surface area contributed by atoms with Crippen LogP contribution in [-0.2, 0) is 4.79 Å². The summed E-state index contributed by atoms with van der Waals surface area (Å²) < 4.78 is 5.38. The van der Waals surface area contributed by atoms with E-state index in [2.05, 4.69) is 15.5 Å². The molecule has 130 valence electrons. The van der Waals surface area contributed by atoms with Crippen LogP contribution in [0.3, 0.4) is 0 Å². The third-order valence-corrected chi connectivity index (χ3v) is 4.81. The highest BCUT2D eigenvalue weighted by Crippen LogP contribution is 2.38. The molecule has 1 aromatic rings. The number of carbonyl (C=O) groups is 1. The Morgan fingerprint density at radius 3 is 2.65 bits per heavy atom. The predicted octanol–water partition coefficient (Wildman–Crippen LogP) is 2.70. The monoisotopic (exact) mass is 342 g/mol. The lowest BCUT2D eigenvalue weighted by atomic mass is 9.98. The molecule has 6 nitrogen and oxygen atoms in total. The van der Waals surface area contributed by atoms with E-state index in [4.69, 9.17) is 10.3 Å². The van der Waals surface area contributed by atoms with Gasteiger partial charge in [0.25, 0.3) is 0 Å². The van der Waals surface area contributed by atoms with Gasteiger partial charge in [0, 0.05) is 18.4 Å². The van der Waals surface area contributed by atoms with Gasteiger partial charge < -0.3 is 15.6 Å². The van der Waals surface area contributed by atoms with Crippen LogP contribution in [0.4, 0.5) is 0 Å². The first-order valence-electron chi connectivity index (χ1n) is 8.43. The summed E-state index contributed by atoms with van der Waals surface area (Å²) in [5.74, 6) is 2.31. The number of aromatic nitrogens is 2. The molecule has 1 amide bonds. The zero-order valence-corrected chi connectivity index (χ0v) is 14.6. The van der Waals surface area contributed by atoms with Crippen LogP contribution in [0.25, 0.3) is 0 Å². The fourth-order valence-corrected chi connectivity index (χ4v) is 3.18. The maximum Gasteiger partial charge on any atom is 0.249 e. The van der Waals surface area contributed by atoms with E-state index in [-0.39, 0.29) is 36.3 Å². The fraction of sp³-hybridized carbons (Fsp3) is 0.812. The Hall–Kier alpha value is -1.14. The molecule has 1 heterocycles. The molecule has 0 spiro atoms. The summed E-state index contributed by atoms with van der Waals surface area (Å²) in [7, 11) is 0. The highest BCUT2D eigenvalue weighted by atomic mass is 35.5. The number of nitrogens with two attached hydrogens (primary N) is 1. The molecule has 2 aliphatic carbocycles. The first kappa shape index (κ1) is 18.2. The number of hydrogen-bond donors (Lipinski definition) is 2. The van der Waals surface area contributed by atoms with E-state index in [9.17, 15) is 4.79 Å². The lowest BCUT2D eigenvalue weighted by molar-refractivity contribution is -0.123. The van der Waals surface area contributed by atoms with E-state index in [0.29, 0.717) is 24.1 Å². The zero-order valence-electron chi connectivity index (χ0n) is 13.8. The lowest BCUT2D eigenvalue weighted by Crippen LogP contribution is -2.35. The molecule has 0 aromatic carbocycles. The quantitative estimate of drug-likeness (QED) is 0.828. The van der Waals surface area contributed by atoms with Crippen molar-refractivity contribution in [3.8, 4) is 0 Å². The van der Waals surface area contributed by atoms with E-state index in [1.54, 1.807) is 0 Å². The Bertz CT molecular complexity index is 530. The van der Waals surface area contributed by atoms with Crippen molar-refractivity contribution in [2.75, 3.05) is 0 Å². The minimum Gasteiger partial charge on any atom is -0.344 e. The van der Waals surface area contributed by atoms with Gasteiger partial charge in [0.15, 0.2) is 5.82 Å². The van der Waals surface area contributed by atoms with Crippen LogP contribution in [0.2, 0.25) is 0 Å². The summed E-state index contributed by atoms with van der Waals surface area (Å²) in [4.78, 5) is 16.8. The molecule has 3 rings (SSSR count). The normalized spacial score (nSPS) is 25.2. The summed E-state index contributed by atoms with van der Waals surface area (Å²) in [6, 6.07) is -0.0572. The van der Waals surface area contributed by atoms with E-state index < -0.39 is 0 Å². The van der Waals surface area contributed by atoms with Crippen molar-refractivity contribution in [1.29, 1.82) is 0 Å². The van der Waals surface area contributed by atoms with Gasteiger partial charge in [-0.05, 0) is 37.5 Å². The predicted molar refractivity (Wildman–Crippen MR) is 89.2 cm³/mol. The number of amides is 1. The van der Waals surface area contributed by atoms with Crippen molar-refractivity contribution in [1.82, 2.24) is 15.5 Å². The third-order valence-electron chi connectivity index (χ3n) is 4.81. The summed E-state index contributed by atoms with van der Waals surface area (Å²) >= 11 is 0. The van der Waals surface area contributed by atoms with Crippen LogP contribution in [-0.4, -0.2) is 22.1 Å². The van der Waals surface area contributed by atoms with Crippen LogP contribution in [0, 0.1) is 11.8 Å². The van der Waals surface area contributed by atoms with E-state index in [1.165, 1.54) is 0 Å². The maximum absolute atomic E-state index is 12.3. The standard InChI is InChI=1S/C16H26N4O2.ClH/c1-9(2)14(16-19-15(20-22-16)10-6-7-10)18-13(21)8-11-4-3-5-12(11)17;/h9-12,14H,3-8,17H2,1-2H3,(H,18,21);1H/t11-,12+,14?;/m0./s1. The fourth-order valence-electron chi connectivity index (χ4n) is 3.18. The molecular weight excluding hydrogens is 316 g/mol. The highest BCUT2D eigenvalue weighted by molar-refractivity contribution is 5.85. The van der Waals surface area contributed by atoms with Gasteiger partial charge in [0.05, 0.1) is 0 Å². The van der Waals surface area contributed by atoms with Crippen molar-refractivity contribution in [3.63, 3.8) is 0 Å². The Morgan fingerprint density at radius 2 is 2.09 bits per heavy atom. The molecule has 1 aromatic heterocycles. The molecule has 1 unspecified atom stereocenters. The molecule has 0 aliphatic heterocycles. The summed E-state index contributed by atoms with van der Waals surface area (Å²) in [6.07, 6.45) is 5.97.